The van der Waals surface area contributed by atoms with Gasteiger partial charge in [-0.1, -0.05) is 24.3 Å². The minimum atomic E-state index is -1.08. The number of carbonyl (C=O) groups excluding carboxylic acids is 2. The van der Waals surface area contributed by atoms with E-state index < -0.39 is 11.6 Å². The Labute approximate surface area is 181 Å². The Morgan fingerprint density at radius 1 is 1.19 bits per heavy atom. The first-order valence-electron chi connectivity index (χ1n) is 10.5. The number of fused-ring (bicyclic) bond motifs is 2. The maximum Gasteiger partial charge on any atom is 0.245 e. The molecule has 2 heterocycles. The van der Waals surface area contributed by atoms with E-state index in [2.05, 4.69) is 10.3 Å². The molecule has 7 nitrogen and oxygen atoms in total. The Morgan fingerprint density at radius 2 is 1.97 bits per heavy atom. The molecule has 1 aliphatic heterocycles. The van der Waals surface area contributed by atoms with Crippen molar-refractivity contribution in [3.63, 3.8) is 0 Å². The van der Waals surface area contributed by atoms with Crippen LogP contribution in [-0.4, -0.2) is 39.8 Å². The van der Waals surface area contributed by atoms with E-state index in [-0.39, 0.29) is 11.8 Å². The molecule has 0 spiro atoms. The van der Waals surface area contributed by atoms with Gasteiger partial charge in [0, 0.05) is 42.3 Å². The van der Waals surface area contributed by atoms with Gasteiger partial charge in [-0.25, -0.2) is 0 Å². The molecule has 0 fully saturated rings. The van der Waals surface area contributed by atoms with Crippen molar-refractivity contribution >= 4 is 28.4 Å². The van der Waals surface area contributed by atoms with Crippen LogP contribution in [-0.2, 0) is 29.0 Å². The maximum absolute atomic E-state index is 13.5. The smallest absolute Gasteiger partial charge is 0.245 e. The molecule has 3 aromatic rings. The van der Waals surface area contributed by atoms with Gasteiger partial charge in [0.25, 0.3) is 0 Å². The van der Waals surface area contributed by atoms with Crippen LogP contribution in [0.4, 0.5) is 5.69 Å². The number of aromatic amines is 1. The molecule has 1 aromatic heterocycles. The largest absolute Gasteiger partial charge is 0.399 e. The standard InChI is InChI=1S/C24H29N5O2/c1-24(2,26)23(31)28-21(12-16-13-27-20-6-4-3-5-19(16)20)22(30)29-10-9-15-7-8-18(25)11-17(15)14-29/h3-8,11,13,21,27H,9-10,12,14,25-26H2,1-2H3,(H,28,31)/t21-/m1/s1. The van der Waals surface area contributed by atoms with Crippen LogP contribution in [0.2, 0.25) is 0 Å². The van der Waals surface area contributed by atoms with Crippen molar-refractivity contribution in [2.24, 2.45) is 5.73 Å². The highest BCUT2D eigenvalue weighted by atomic mass is 16.2. The van der Waals surface area contributed by atoms with Crippen LogP contribution < -0.4 is 16.8 Å². The fraction of sp³-hybridized carbons (Fsp3) is 0.333. The van der Waals surface area contributed by atoms with Crippen molar-refractivity contribution < 1.29 is 9.59 Å². The zero-order chi connectivity index (χ0) is 22.2. The lowest BCUT2D eigenvalue weighted by molar-refractivity contribution is -0.138. The molecule has 0 unspecified atom stereocenters. The summed E-state index contributed by atoms with van der Waals surface area (Å²) in [6, 6.07) is 13.0. The van der Waals surface area contributed by atoms with Crippen molar-refractivity contribution in [2.45, 2.75) is 44.8 Å². The zero-order valence-corrected chi connectivity index (χ0v) is 17.9. The molecule has 1 aliphatic rings. The molecule has 2 aromatic carbocycles. The van der Waals surface area contributed by atoms with Gasteiger partial charge in [-0.05, 0) is 55.2 Å². The summed E-state index contributed by atoms with van der Waals surface area (Å²) >= 11 is 0. The molecule has 6 N–H and O–H groups in total. The van der Waals surface area contributed by atoms with Crippen molar-refractivity contribution in [3.8, 4) is 0 Å². The second kappa shape index (κ2) is 8.07. The number of nitrogens with one attached hydrogen (secondary N) is 2. The average Bonchev–Trinajstić information content (AvgIpc) is 3.14. The zero-order valence-electron chi connectivity index (χ0n) is 17.9. The molecule has 162 valence electrons. The number of para-hydroxylation sites is 1. The Bertz CT molecular complexity index is 1130. The number of amides is 2. The summed E-state index contributed by atoms with van der Waals surface area (Å²) in [5.74, 6) is -0.469. The maximum atomic E-state index is 13.5. The molecule has 31 heavy (non-hydrogen) atoms. The highest BCUT2D eigenvalue weighted by Crippen LogP contribution is 2.24. The number of benzene rings is 2. The fourth-order valence-electron chi connectivity index (χ4n) is 4.05. The van der Waals surface area contributed by atoms with Crippen LogP contribution in [0.5, 0.6) is 0 Å². The monoisotopic (exact) mass is 419 g/mol. The Balaban J connectivity index is 1.60. The van der Waals surface area contributed by atoms with Gasteiger partial charge in [0.05, 0.1) is 5.54 Å². The quantitative estimate of drug-likeness (QED) is 0.474. The molecule has 0 aliphatic carbocycles. The molecular weight excluding hydrogens is 390 g/mol. The van der Waals surface area contributed by atoms with E-state index in [1.807, 2.05) is 48.7 Å². The predicted molar refractivity (Wildman–Crippen MR) is 122 cm³/mol. The number of hydrogen-bond donors (Lipinski definition) is 4. The SMILES string of the molecule is CC(C)(N)C(=O)N[C@H](Cc1c[nH]c2ccccc12)C(=O)N1CCc2ccc(N)cc2C1. The molecule has 0 saturated heterocycles. The number of nitrogen functional groups attached to an aromatic ring is 1. The summed E-state index contributed by atoms with van der Waals surface area (Å²) in [4.78, 5) is 31.2. The van der Waals surface area contributed by atoms with E-state index in [0.717, 1.165) is 28.5 Å². The molecule has 1 atom stereocenters. The fourth-order valence-corrected chi connectivity index (χ4v) is 4.05. The highest BCUT2D eigenvalue weighted by molar-refractivity contribution is 5.92. The van der Waals surface area contributed by atoms with Gasteiger partial charge >= 0.3 is 0 Å². The van der Waals surface area contributed by atoms with E-state index in [1.165, 1.54) is 5.56 Å². The summed E-state index contributed by atoms with van der Waals surface area (Å²) < 4.78 is 0. The Hall–Kier alpha value is -3.32. The first kappa shape index (κ1) is 20.9. The van der Waals surface area contributed by atoms with Crippen molar-refractivity contribution in [1.29, 1.82) is 0 Å². The van der Waals surface area contributed by atoms with E-state index in [4.69, 9.17) is 11.5 Å². The van der Waals surface area contributed by atoms with Crippen molar-refractivity contribution in [2.75, 3.05) is 12.3 Å². The number of hydrogen-bond acceptors (Lipinski definition) is 4. The Kier molecular flexibility index (Phi) is 5.45. The number of nitrogens with zero attached hydrogens (tertiary/aromatic N) is 1. The van der Waals surface area contributed by atoms with Crippen LogP contribution in [0, 0.1) is 0 Å². The minimum absolute atomic E-state index is 0.115. The van der Waals surface area contributed by atoms with Crippen LogP contribution in [0.15, 0.2) is 48.7 Å². The molecule has 0 radical (unpaired) electrons. The van der Waals surface area contributed by atoms with Crippen LogP contribution in [0.25, 0.3) is 10.9 Å². The third-order valence-corrected chi connectivity index (χ3v) is 5.84. The molecule has 0 saturated carbocycles. The first-order chi connectivity index (χ1) is 14.7. The van der Waals surface area contributed by atoms with Crippen LogP contribution in [0.3, 0.4) is 0 Å². The average molecular weight is 420 g/mol. The lowest BCUT2D eigenvalue weighted by atomic mass is 9.97. The molecule has 4 rings (SSSR count). The van der Waals surface area contributed by atoms with Gasteiger partial charge in [0.2, 0.25) is 11.8 Å². The number of nitrogens with two attached hydrogens (primary N) is 2. The van der Waals surface area contributed by atoms with Gasteiger partial charge in [-0.2, -0.15) is 0 Å². The lowest BCUT2D eigenvalue weighted by Gasteiger charge is -2.33. The van der Waals surface area contributed by atoms with Crippen molar-refractivity contribution in [1.82, 2.24) is 15.2 Å². The molecular formula is C24H29N5O2. The molecule has 0 bridgehead atoms. The number of rotatable bonds is 5. The van der Waals surface area contributed by atoms with E-state index in [9.17, 15) is 9.59 Å². The van der Waals surface area contributed by atoms with Gasteiger partial charge < -0.3 is 26.7 Å². The van der Waals surface area contributed by atoms with E-state index in [1.54, 1.807) is 18.7 Å². The lowest BCUT2D eigenvalue weighted by Crippen LogP contribution is -2.57. The number of anilines is 1. The first-order valence-corrected chi connectivity index (χ1v) is 10.5. The number of carbonyl (C=O) groups is 2. The topological polar surface area (TPSA) is 117 Å². The number of aromatic nitrogens is 1. The summed E-state index contributed by atoms with van der Waals surface area (Å²) in [6.07, 6.45) is 3.04. The predicted octanol–water partition coefficient (Wildman–Crippen LogP) is 2.10. The second-order valence-electron chi connectivity index (χ2n) is 8.85. The summed E-state index contributed by atoms with van der Waals surface area (Å²) in [5.41, 5.74) is 15.8. The minimum Gasteiger partial charge on any atom is -0.399 e. The van der Waals surface area contributed by atoms with E-state index in [0.29, 0.717) is 25.2 Å². The van der Waals surface area contributed by atoms with Gasteiger partial charge in [-0.3, -0.25) is 9.59 Å². The van der Waals surface area contributed by atoms with Crippen LogP contribution in [0.1, 0.15) is 30.5 Å². The normalized spacial score (nSPS) is 14.9. The molecule has 2 amide bonds. The molecule has 7 heteroatoms. The summed E-state index contributed by atoms with van der Waals surface area (Å²) in [6.45, 7) is 4.35. The highest BCUT2D eigenvalue weighted by Gasteiger charge is 2.32. The summed E-state index contributed by atoms with van der Waals surface area (Å²) in [5, 5.41) is 3.94. The third-order valence-electron chi connectivity index (χ3n) is 5.84. The van der Waals surface area contributed by atoms with E-state index >= 15 is 0 Å². The second-order valence-corrected chi connectivity index (χ2v) is 8.85. The van der Waals surface area contributed by atoms with Crippen molar-refractivity contribution in [3.05, 3.63) is 65.4 Å². The van der Waals surface area contributed by atoms with Gasteiger partial charge in [0.15, 0.2) is 0 Å². The van der Waals surface area contributed by atoms with Gasteiger partial charge in [-0.15, -0.1) is 0 Å². The number of H-pyrrole nitrogens is 1. The third kappa shape index (κ3) is 4.41. The van der Waals surface area contributed by atoms with Crippen LogP contribution >= 0.6 is 0 Å². The van der Waals surface area contributed by atoms with Gasteiger partial charge in [0.1, 0.15) is 6.04 Å². The summed E-state index contributed by atoms with van der Waals surface area (Å²) in [7, 11) is 0. The Morgan fingerprint density at radius 3 is 2.74 bits per heavy atom.